The molecule has 0 aliphatic heterocycles. The molecule has 0 fully saturated rings. The highest BCUT2D eigenvalue weighted by molar-refractivity contribution is 5.84. The first-order chi connectivity index (χ1) is 7.99. The number of carbonyl (C=O) groups excluding carboxylic acids is 1. The molecule has 1 atom stereocenters. The van der Waals surface area contributed by atoms with Gasteiger partial charge < -0.3 is 15.2 Å². The van der Waals surface area contributed by atoms with E-state index in [2.05, 4.69) is 5.32 Å². The van der Waals surface area contributed by atoms with Crippen LogP contribution < -0.4 is 5.32 Å². The second-order valence-corrected chi connectivity index (χ2v) is 6.22. The first-order valence-electron chi connectivity index (χ1n) is 6.06. The lowest BCUT2D eigenvalue weighted by atomic mass is 9.84. The third kappa shape index (κ3) is 6.00. The Morgan fingerprint density at radius 3 is 2.06 bits per heavy atom. The number of carboxylic acids is 1. The summed E-state index contributed by atoms with van der Waals surface area (Å²) in [7, 11) is 1.45. The van der Waals surface area contributed by atoms with E-state index >= 15 is 0 Å². The normalized spacial score (nSPS) is 14.1. The Kier molecular flexibility index (Phi) is 5.80. The van der Waals surface area contributed by atoms with Crippen molar-refractivity contribution in [2.45, 2.75) is 46.6 Å². The lowest BCUT2D eigenvalue weighted by molar-refractivity contribution is -0.144. The molecule has 5 nitrogen and oxygen atoms in total. The number of rotatable bonds is 6. The lowest BCUT2D eigenvalue weighted by Gasteiger charge is -2.26. The van der Waals surface area contributed by atoms with Gasteiger partial charge in [-0.15, -0.1) is 0 Å². The minimum Gasteiger partial charge on any atom is -0.481 e. The van der Waals surface area contributed by atoms with Gasteiger partial charge in [0.2, 0.25) is 0 Å². The van der Waals surface area contributed by atoms with Crippen molar-refractivity contribution in [3.63, 3.8) is 0 Å². The quantitative estimate of drug-likeness (QED) is 0.760. The largest absolute Gasteiger partial charge is 0.481 e. The highest BCUT2D eigenvalue weighted by Gasteiger charge is 2.30. The molecule has 5 heteroatoms. The van der Waals surface area contributed by atoms with Crippen LogP contribution >= 0.6 is 0 Å². The van der Waals surface area contributed by atoms with E-state index in [1.807, 2.05) is 20.8 Å². The van der Waals surface area contributed by atoms with Crippen molar-refractivity contribution in [1.82, 2.24) is 5.32 Å². The van der Waals surface area contributed by atoms with E-state index in [4.69, 9.17) is 9.84 Å². The first-order valence-corrected chi connectivity index (χ1v) is 6.06. The van der Waals surface area contributed by atoms with Crippen LogP contribution in [0.4, 0.5) is 0 Å². The summed E-state index contributed by atoms with van der Waals surface area (Å²) in [6.07, 6.45) is 0.510. The molecule has 1 unspecified atom stereocenters. The molecule has 0 saturated carbocycles. The van der Waals surface area contributed by atoms with Gasteiger partial charge in [0.1, 0.15) is 5.60 Å². The van der Waals surface area contributed by atoms with Crippen molar-refractivity contribution in [2.24, 2.45) is 11.3 Å². The molecule has 0 aromatic carbocycles. The summed E-state index contributed by atoms with van der Waals surface area (Å²) >= 11 is 0. The molecule has 18 heavy (non-hydrogen) atoms. The van der Waals surface area contributed by atoms with Gasteiger partial charge in [-0.3, -0.25) is 9.59 Å². The molecule has 0 radical (unpaired) electrons. The molecule has 0 spiro atoms. The third-order valence-corrected chi connectivity index (χ3v) is 2.77. The number of amides is 1. The van der Waals surface area contributed by atoms with E-state index < -0.39 is 17.5 Å². The fraction of sp³-hybridized carbons (Fsp3) is 0.846. The number of hydrogen-bond donors (Lipinski definition) is 2. The molecule has 0 heterocycles. The molecule has 0 rings (SSSR count). The number of carbonyl (C=O) groups is 2. The monoisotopic (exact) mass is 259 g/mol. The number of carboxylic acid groups (broad SMARTS) is 1. The molecule has 0 saturated heterocycles. The van der Waals surface area contributed by atoms with E-state index in [1.54, 1.807) is 13.8 Å². The number of methoxy groups -OCH3 is 1. The van der Waals surface area contributed by atoms with Gasteiger partial charge in [0.05, 0.1) is 5.92 Å². The molecule has 0 bridgehead atoms. The maximum atomic E-state index is 11.8. The molecule has 2 N–H and O–H groups in total. The standard InChI is InChI=1S/C13H25NO4/c1-12(2,3)7-9(10(15)16)8-14-11(17)13(4,5)18-6/h9H,7-8H2,1-6H3,(H,14,17)(H,15,16). The van der Waals surface area contributed by atoms with Crippen molar-refractivity contribution in [2.75, 3.05) is 13.7 Å². The predicted octanol–water partition coefficient (Wildman–Crippen LogP) is 1.66. The van der Waals surface area contributed by atoms with Gasteiger partial charge in [0, 0.05) is 13.7 Å². The highest BCUT2D eigenvalue weighted by Crippen LogP contribution is 2.24. The zero-order valence-corrected chi connectivity index (χ0v) is 12.2. The van der Waals surface area contributed by atoms with E-state index in [1.165, 1.54) is 7.11 Å². The van der Waals surface area contributed by atoms with Crippen molar-refractivity contribution in [1.29, 1.82) is 0 Å². The van der Waals surface area contributed by atoms with Gasteiger partial charge in [-0.1, -0.05) is 20.8 Å². The SMILES string of the molecule is COC(C)(C)C(=O)NCC(CC(C)(C)C)C(=O)O. The van der Waals surface area contributed by atoms with Gasteiger partial charge in [0.25, 0.3) is 5.91 Å². The maximum absolute atomic E-state index is 11.8. The Morgan fingerprint density at radius 1 is 1.22 bits per heavy atom. The van der Waals surface area contributed by atoms with Crippen molar-refractivity contribution < 1.29 is 19.4 Å². The Hall–Kier alpha value is -1.10. The van der Waals surface area contributed by atoms with Crippen LogP contribution in [0.25, 0.3) is 0 Å². The Labute approximate surface area is 109 Å². The minimum atomic E-state index is -0.940. The summed E-state index contributed by atoms with van der Waals surface area (Å²) < 4.78 is 5.03. The minimum absolute atomic E-state index is 0.0927. The second-order valence-electron chi connectivity index (χ2n) is 6.22. The van der Waals surface area contributed by atoms with Crippen LogP contribution in [0.2, 0.25) is 0 Å². The van der Waals surface area contributed by atoms with E-state index in [-0.39, 0.29) is 17.9 Å². The topological polar surface area (TPSA) is 75.6 Å². The number of aliphatic carboxylic acids is 1. The number of nitrogens with one attached hydrogen (secondary N) is 1. The van der Waals surface area contributed by atoms with Gasteiger partial charge >= 0.3 is 5.97 Å². The molecular formula is C13H25NO4. The van der Waals surface area contributed by atoms with Crippen LogP contribution in [0.15, 0.2) is 0 Å². The average Bonchev–Trinajstić information content (AvgIpc) is 2.21. The zero-order valence-electron chi connectivity index (χ0n) is 12.2. The molecule has 0 aliphatic rings. The first kappa shape index (κ1) is 16.9. The summed E-state index contributed by atoms with van der Waals surface area (Å²) in [6, 6.07) is 0. The maximum Gasteiger partial charge on any atom is 0.308 e. The van der Waals surface area contributed by atoms with Crippen molar-refractivity contribution >= 4 is 11.9 Å². The van der Waals surface area contributed by atoms with E-state index in [0.717, 1.165) is 0 Å². The van der Waals surface area contributed by atoms with Gasteiger partial charge in [0.15, 0.2) is 0 Å². The molecule has 1 amide bonds. The second kappa shape index (κ2) is 6.18. The fourth-order valence-corrected chi connectivity index (χ4v) is 1.51. The summed E-state index contributed by atoms with van der Waals surface area (Å²) in [5, 5.41) is 11.8. The van der Waals surface area contributed by atoms with Crippen molar-refractivity contribution in [3.8, 4) is 0 Å². The summed E-state index contributed by atoms with van der Waals surface area (Å²) in [4.78, 5) is 22.9. The molecule has 0 aromatic rings. The molecular weight excluding hydrogens is 234 g/mol. The Morgan fingerprint density at radius 2 is 1.72 bits per heavy atom. The molecule has 106 valence electrons. The van der Waals surface area contributed by atoms with E-state index in [9.17, 15) is 9.59 Å². The zero-order chi connectivity index (χ0) is 14.6. The molecule has 0 aliphatic carbocycles. The predicted molar refractivity (Wildman–Crippen MR) is 69.3 cm³/mol. The van der Waals surface area contributed by atoms with Crippen LogP contribution in [0.3, 0.4) is 0 Å². The van der Waals surface area contributed by atoms with Crippen molar-refractivity contribution in [3.05, 3.63) is 0 Å². The summed E-state index contributed by atoms with van der Waals surface area (Å²) in [5.41, 5.74) is -1.03. The van der Waals surface area contributed by atoms with Crippen LogP contribution in [-0.2, 0) is 14.3 Å². The highest BCUT2D eigenvalue weighted by atomic mass is 16.5. The van der Waals surface area contributed by atoms with E-state index in [0.29, 0.717) is 6.42 Å². The smallest absolute Gasteiger partial charge is 0.308 e. The van der Waals surface area contributed by atoms with Crippen LogP contribution in [0.1, 0.15) is 41.0 Å². The lowest BCUT2D eigenvalue weighted by Crippen LogP contribution is -2.46. The van der Waals surface area contributed by atoms with Crippen LogP contribution in [-0.4, -0.2) is 36.2 Å². The summed E-state index contributed by atoms with van der Waals surface area (Å²) in [6.45, 7) is 9.33. The Balaban J connectivity index is 4.47. The Bertz CT molecular complexity index is 305. The number of hydrogen-bond acceptors (Lipinski definition) is 3. The van der Waals surface area contributed by atoms with Gasteiger partial charge in [-0.25, -0.2) is 0 Å². The number of ether oxygens (including phenoxy) is 1. The van der Waals surface area contributed by atoms with Crippen LogP contribution in [0, 0.1) is 11.3 Å². The average molecular weight is 259 g/mol. The fourth-order valence-electron chi connectivity index (χ4n) is 1.51. The third-order valence-electron chi connectivity index (χ3n) is 2.77. The van der Waals surface area contributed by atoms with Gasteiger partial charge in [-0.05, 0) is 25.7 Å². The summed E-state index contributed by atoms with van der Waals surface area (Å²) in [5.74, 6) is -1.77. The molecule has 0 aromatic heterocycles. The van der Waals surface area contributed by atoms with Gasteiger partial charge in [-0.2, -0.15) is 0 Å². The van der Waals surface area contributed by atoms with Crippen LogP contribution in [0.5, 0.6) is 0 Å².